The molecule has 0 aliphatic carbocycles. The Morgan fingerprint density at radius 1 is 1.32 bits per heavy atom. The lowest BCUT2D eigenvalue weighted by molar-refractivity contribution is -0.137. The van der Waals surface area contributed by atoms with E-state index in [9.17, 15) is 14.4 Å². The maximum absolute atomic E-state index is 12.7. The van der Waals surface area contributed by atoms with Gasteiger partial charge in [0.25, 0.3) is 5.91 Å². The third-order valence-corrected chi connectivity index (χ3v) is 4.23. The Labute approximate surface area is 134 Å². The Bertz CT molecular complexity index is 647. The van der Waals surface area contributed by atoms with E-state index in [1.807, 2.05) is 19.1 Å². The number of benzene rings is 1. The fraction of sp³-hybridized carbons (Fsp3) is 0.400. The zero-order chi connectivity index (χ0) is 15.1. The number of imide groups is 1. The maximum atomic E-state index is 12.7. The van der Waals surface area contributed by atoms with Gasteiger partial charge in [0.15, 0.2) is 0 Å². The van der Waals surface area contributed by atoms with Crippen LogP contribution in [-0.2, 0) is 9.59 Å². The van der Waals surface area contributed by atoms with Crippen molar-refractivity contribution in [2.75, 3.05) is 6.54 Å². The zero-order valence-electron chi connectivity index (χ0n) is 12.2. The number of carbonyl (C=O) groups is 3. The third kappa shape index (κ3) is 2.38. The highest BCUT2D eigenvalue weighted by molar-refractivity contribution is 6.06. The van der Waals surface area contributed by atoms with Crippen molar-refractivity contribution in [2.45, 2.75) is 31.8 Å². The molecule has 2 atom stereocenters. The van der Waals surface area contributed by atoms with Gasteiger partial charge in [-0.25, -0.2) is 0 Å². The highest BCUT2D eigenvalue weighted by Crippen LogP contribution is 2.37. The topological polar surface area (TPSA) is 92.5 Å². The Balaban J connectivity index is 0.00000176. The predicted molar refractivity (Wildman–Crippen MR) is 82.6 cm³/mol. The third-order valence-electron chi connectivity index (χ3n) is 4.23. The molecule has 1 aromatic carbocycles. The SMILES string of the molecule is Cc1cccc2c1C(CN)N(C1CCC(=O)NC1=O)C2=O.Cl. The highest BCUT2D eigenvalue weighted by Gasteiger charge is 2.44. The Kier molecular flexibility index (Phi) is 4.53. The number of nitrogens with two attached hydrogens (primary N) is 1. The molecule has 1 fully saturated rings. The molecule has 0 radical (unpaired) electrons. The first-order valence-electron chi connectivity index (χ1n) is 7.00. The summed E-state index contributed by atoms with van der Waals surface area (Å²) in [5.74, 6) is -0.886. The van der Waals surface area contributed by atoms with Crippen LogP contribution in [0.5, 0.6) is 0 Å². The lowest BCUT2D eigenvalue weighted by Gasteiger charge is -2.34. The average Bonchev–Trinajstić information content (AvgIpc) is 2.73. The van der Waals surface area contributed by atoms with Gasteiger partial charge in [-0.05, 0) is 30.5 Å². The predicted octanol–water partition coefficient (Wildman–Crippen LogP) is 0.678. The molecule has 1 aromatic rings. The van der Waals surface area contributed by atoms with E-state index in [1.165, 1.54) is 0 Å². The van der Waals surface area contributed by atoms with Crippen LogP contribution in [-0.4, -0.2) is 35.2 Å². The summed E-state index contributed by atoms with van der Waals surface area (Å²) >= 11 is 0. The van der Waals surface area contributed by atoms with E-state index >= 15 is 0 Å². The van der Waals surface area contributed by atoms with Crippen molar-refractivity contribution >= 4 is 30.1 Å². The molecule has 3 N–H and O–H groups in total. The van der Waals surface area contributed by atoms with E-state index in [0.29, 0.717) is 12.0 Å². The van der Waals surface area contributed by atoms with Crippen LogP contribution in [0.15, 0.2) is 18.2 Å². The van der Waals surface area contributed by atoms with Gasteiger partial charge in [-0.2, -0.15) is 0 Å². The average molecular weight is 324 g/mol. The van der Waals surface area contributed by atoms with E-state index in [1.54, 1.807) is 11.0 Å². The van der Waals surface area contributed by atoms with Crippen LogP contribution >= 0.6 is 12.4 Å². The van der Waals surface area contributed by atoms with Crippen LogP contribution in [0.25, 0.3) is 0 Å². The normalized spacial score (nSPS) is 23.9. The molecule has 0 saturated carbocycles. The minimum atomic E-state index is -0.629. The molecule has 118 valence electrons. The van der Waals surface area contributed by atoms with Crippen LogP contribution in [0.4, 0.5) is 0 Å². The summed E-state index contributed by atoms with van der Waals surface area (Å²) in [6.45, 7) is 2.18. The van der Waals surface area contributed by atoms with Gasteiger partial charge in [0.2, 0.25) is 11.8 Å². The maximum Gasteiger partial charge on any atom is 0.255 e. The van der Waals surface area contributed by atoms with E-state index in [0.717, 1.165) is 11.1 Å². The number of rotatable bonds is 2. The number of aryl methyl sites for hydroxylation is 1. The molecule has 6 nitrogen and oxygen atoms in total. The minimum absolute atomic E-state index is 0. The number of nitrogens with one attached hydrogen (secondary N) is 1. The first kappa shape index (κ1) is 16.5. The number of nitrogens with zero attached hydrogens (tertiary/aromatic N) is 1. The Morgan fingerprint density at radius 2 is 2.05 bits per heavy atom. The summed E-state index contributed by atoms with van der Waals surface area (Å²) in [6, 6.07) is 4.59. The smallest absolute Gasteiger partial charge is 0.255 e. The van der Waals surface area contributed by atoms with Crippen molar-refractivity contribution in [3.63, 3.8) is 0 Å². The molecule has 3 amide bonds. The van der Waals surface area contributed by atoms with Gasteiger partial charge >= 0.3 is 0 Å². The second kappa shape index (κ2) is 6.06. The number of fused-ring (bicyclic) bond motifs is 1. The van der Waals surface area contributed by atoms with Crippen molar-refractivity contribution in [1.82, 2.24) is 10.2 Å². The molecule has 3 rings (SSSR count). The van der Waals surface area contributed by atoms with Gasteiger partial charge in [-0.3, -0.25) is 19.7 Å². The summed E-state index contributed by atoms with van der Waals surface area (Å²) in [4.78, 5) is 37.5. The van der Waals surface area contributed by atoms with Gasteiger partial charge < -0.3 is 10.6 Å². The largest absolute Gasteiger partial charge is 0.328 e. The van der Waals surface area contributed by atoms with Crippen molar-refractivity contribution in [3.05, 3.63) is 34.9 Å². The molecule has 22 heavy (non-hydrogen) atoms. The minimum Gasteiger partial charge on any atom is -0.328 e. The van der Waals surface area contributed by atoms with Crippen LogP contribution in [0.3, 0.4) is 0 Å². The molecule has 7 heteroatoms. The van der Waals surface area contributed by atoms with E-state index < -0.39 is 11.9 Å². The summed E-state index contributed by atoms with van der Waals surface area (Å²) in [6.07, 6.45) is 0.590. The standard InChI is InChI=1S/C15H17N3O3.ClH/c1-8-3-2-4-9-13(8)11(7-16)18(15(9)21)10-5-6-12(19)17-14(10)20;/h2-4,10-11H,5-7,16H2,1H3,(H,17,19,20);1H. The fourth-order valence-corrected chi connectivity index (χ4v) is 3.27. The van der Waals surface area contributed by atoms with Crippen LogP contribution in [0.1, 0.15) is 40.4 Å². The summed E-state index contributed by atoms with van der Waals surface area (Å²) in [5.41, 5.74) is 8.35. The lowest BCUT2D eigenvalue weighted by Crippen LogP contribution is -2.54. The highest BCUT2D eigenvalue weighted by atomic mass is 35.5. The van der Waals surface area contributed by atoms with Crippen molar-refractivity contribution in [3.8, 4) is 0 Å². The Morgan fingerprint density at radius 3 is 2.68 bits per heavy atom. The molecular formula is C15H18ClN3O3. The van der Waals surface area contributed by atoms with Crippen molar-refractivity contribution in [1.29, 1.82) is 0 Å². The number of hydrogen-bond acceptors (Lipinski definition) is 4. The summed E-state index contributed by atoms with van der Waals surface area (Å²) in [5, 5.41) is 2.30. The lowest BCUT2D eigenvalue weighted by atomic mass is 9.98. The van der Waals surface area contributed by atoms with E-state index in [2.05, 4.69) is 5.32 Å². The molecule has 2 aliphatic rings. The van der Waals surface area contributed by atoms with E-state index in [4.69, 9.17) is 5.73 Å². The second-order valence-electron chi connectivity index (χ2n) is 5.47. The zero-order valence-corrected chi connectivity index (χ0v) is 13.0. The number of hydrogen-bond donors (Lipinski definition) is 2. The second-order valence-corrected chi connectivity index (χ2v) is 5.47. The van der Waals surface area contributed by atoms with Gasteiger partial charge in [-0.1, -0.05) is 12.1 Å². The van der Waals surface area contributed by atoms with Gasteiger partial charge in [0.05, 0.1) is 6.04 Å². The fourth-order valence-electron chi connectivity index (χ4n) is 3.27. The number of carbonyl (C=O) groups excluding carboxylic acids is 3. The van der Waals surface area contributed by atoms with Gasteiger partial charge in [-0.15, -0.1) is 12.4 Å². The molecule has 1 saturated heterocycles. The first-order valence-corrected chi connectivity index (χ1v) is 7.00. The van der Waals surface area contributed by atoms with Crippen molar-refractivity contribution < 1.29 is 14.4 Å². The molecule has 2 aliphatic heterocycles. The van der Waals surface area contributed by atoms with Gasteiger partial charge in [0.1, 0.15) is 6.04 Å². The number of halogens is 1. The molecular weight excluding hydrogens is 306 g/mol. The molecule has 2 heterocycles. The van der Waals surface area contributed by atoms with Crippen LogP contribution < -0.4 is 11.1 Å². The first-order chi connectivity index (χ1) is 10.0. The summed E-state index contributed by atoms with van der Waals surface area (Å²) in [7, 11) is 0. The van der Waals surface area contributed by atoms with Crippen LogP contribution in [0, 0.1) is 6.92 Å². The van der Waals surface area contributed by atoms with Crippen molar-refractivity contribution in [2.24, 2.45) is 5.73 Å². The quantitative estimate of drug-likeness (QED) is 0.783. The van der Waals surface area contributed by atoms with Crippen LogP contribution in [0.2, 0.25) is 0 Å². The molecule has 0 bridgehead atoms. The van der Waals surface area contributed by atoms with Gasteiger partial charge in [0, 0.05) is 18.5 Å². The molecule has 2 unspecified atom stereocenters. The Hall–Kier alpha value is -1.92. The molecule has 0 aromatic heterocycles. The number of amides is 3. The summed E-state index contributed by atoms with van der Waals surface area (Å²) < 4.78 is 0. The number of piperidine rings is 1. The monoisotopic (exact) mass is 323 g/mol. The van der Waals surface area contributed by atoms with E-state index in [-0.39, 0.29) is 43.2 Å². The molecule has 0 spiro atoms.